The molecule has 2 aromatic heterocycles. The molecule has 0 fully saturated rings. The molecule has 2 rings (SSSR count). The monoisotopic (exact) mass is 288 g/mol. The number of aromatic nitrogens is 3. The van der Waals surface area contributed by atoms with Crippen molar-refractivity contribution < 1.29 is 4.79 Å². The Morgan fingerprint density at radius 3 is 2.86 bits per heavy atom. The Hall–Kier alpha value is -2.37. The van der Waals surface area contributed by atoms with E-state index in [1.807, 2.05) is 0 Å². The first kappa shape index (κ1) is 15.0. The highest BCUT2D eigenvalue weighted by atomic mass is 16.2. The van der Waals surface area contributed by atoms with Crippen LogP contribution in [0.1, 0.15) is 54.4 Å². The van der Waals surface area contributed by atoms with Crippen molar-refractivity contribution in [2.75, 3.05) is 5.32 Å². The quantitative estimate of drug-likeness (QED) is 0.789. The first-order valence-electron chi connectivity index (χ1n) is 7.07. The highest BCUT2D eigenvalue weighted by molar-refractivity contribution is 6.03. The van der Waals surface area contributed by atoms with Gasteiger partial charge < -0.3 is 10.3 Å². The van der Waals surface area contributed by atoms with Crippen LogP contribution in [0.4, 0.5) is 5.82 Å². The Morgan fingerprint density at radius 1 is 1.43 bits per heavy atom. The molecule has 0 spiro atoms. The molecule has 112 valence electrons. The molecular weight excluding hydrogens is 268 g/mol. The summed E-state index contributed by atoms with van der Waals surface area (Å²) in [5, 5.41) is 9.62. The topological polar surface area (TPSA) is 90.6 Å². The van der Waals surface area contributed by atoms with Gasteiger partial charge in [0.25, 0.3) is 11.5 Å². The van der Waals surface area contributed by atoms with E-state index in [1.165, 1.54) is 6.07 Å². The number of carbonyl (C=O) groups excluding carboxylic acids is 1. The molecule has 0 saturated heterocycles. The zero-order valence-electron chi connectivity index (χ0n) is 12.5. The van der Waals surface area contributed by atoms with Crippen LogP contribution in [-0.4, -0.2) is 21.1 Å². The second kappa shape index (κ2) is 6.39. The fraction of sp³-hybridized carbons (Fsp3) is 0.400. The Morgan fingerprint density at radius 2 is 2.19 bits per heavy atom. The average Bonchev–Trinajstić information content (AvgIpc) is 2.87. The summed E-state index contributed by atoms with van der Waals surface area (Å²) in [6.45, 7) is 5.99. The SMILES string of the molecule is CCC[C@H](C)c1cc(NC(=O)c2ccc(C)[nH]c2=O)n[nH]1. The predicted octanol–water partition coefficient (Wildman–Crippen LogP) is 2.56. The van der Waals surface area contributed by atoms with Gasteiger partial charge in [0, 0.05) is 17.5 Å². The Bertz CT molecular complexity index is 687. The summed E-state index contributed by atoms with van der Waals surface area (Å²) < 4.78 is 0. The summed E-state index contributed by atoms with van der Waals surface area (Å²) in [7, 11) is 0. The van der Waals surface area contributed by atoms with Crippen molar-refractivity contribution in [2.45, 2.75) is 39.5 Å². The van der Waals surface area contributed by atoms with Gasteiger partial charge in [0.2, 0.25) is 0 Å². The summed E-state index contributed by atoms with van der Waals surface area (Å²) in [5.74, 6) is 0.325. The number of rotatable bonds is 5. The summed E-state index contributed by atoms with van der Waals surface area (Å²) in [6.07, 6.45) is 2.13. The van der Waals surface area contributed by atoms with Crippen molar-refractivity contribution in [1.29, 1.82) is 0 Å². The van der Waals surface area contributed by atoms with Gasteiger partial charge >= 0.3 is 0 Å². The van der Waals surface area contributed by atoms with E-state index < -0.39 is 11.5 Å². The van der Waals surface area contributed by atoms with E-state index in [4.69, 9.17) is 0 Å². The molecule has 2 heterocycles. The Labute approximate surface area is 123 Å². The molecule has 1 atom stereocenters. The first-order chi connectivity index (χ1) is 10.0. The van der Waals surface area contributed by atoms with Gasteiger partial charge in [0.1, 0.15) is 5.56 Å². The van der Waals surface area contributed by atoms with Crippen LogP contribution in [0.2, 0.25) is 0 Å². The lowest BCUT2D eigenvalue weighted by atomic mass is 10.0. The lowest BCUT2D eigenvalue weighted by Gasteiger charge is -2.05. The van der Waals surface area contributed by atoms with Crippen LogP contribution in [0.15, 0.2) is 23.0 Å². The van der Waals surface area contributed by atoms with Gasteiger partial charge in [-0.05, 0) is 31.4 Å². The summed E-state index contributed by atoms with van der Waals surface area (Å²) in [6, 6.07) is 5.01. The standard InChI is InChI=1S/C15H20N4O2/c1-4-5-9(2)12-8-13(19-18-12)17-15(21)11-7-6-10(3)16-14(11)20/h6-9H,4-5H2,1-3H3,(H,16,20)(H2,17,18,19,21)/t9-/m0/s1. The van der Waals surface area contributed by atoms with E-state index in [2.05, 4.69) is 34.3 Å². The van der Waals surface area contributed by atoms with Crippen molar-refractivity contribution in [1.82, 2.24) is 15.2 Å². The summed E-state index contributed by atoms with van der Waals surface area (Å²) in [4.78, 5) is 26.4. The second-order valence-electron chi connectivity index (χ2n) is 5.24. The number of aryl methyl sites for hydroxylation is 1. The van der Waals surface area contributed by atoms with E-state index in [9.17, 15) is 9.59 Å². The van der Waals surface area contributed by atoms with Gasteiger partial charge in [0.15, 0.2) is 5.82 Å². The second-order valence-corrected chi connectivity index (χ2v) is 5.24. The lowest BCUT2D eigenvalue weighted by Crippen LogP contribution is -2.23. The van der Waals surface area contributed by atoms with Gasteiger partial charge in [-0.2, -0.15) is 5.10 Å². The third kappa shape index (κ3) is 3.59. The average molecular weight is 288 g/mol. The molecule has 1 amide bonds. The molecule has 0 aliphatic carbocycles. The molecule has 0 aromatic carbocycles. The van der Waals surface area contributed by atoms with E-state index in [-0.39, 0.29) is 5.56 Å². The van der Waals surface area contributed by atoms with Gasteiger partial charge in [-0.1, -0.05) is 20.3 Å². The van der Waals surface area contributed by atoms with Gasteiger partial charge in [-0.3, -0.25) is 14.7 Å². The largest absolute Gasteiger partial charge is 0.326 e. The van der Waals surface area contributed by atoms with Crippen molar-refractivity contribution in [3.63, 3.8) is 0 Å². The maximum Gasteiger partial charge on any atom is 0.262 e. The summed E-state index contributed by atoms with van der Waals surface area (Å²) >= 11 is 0. The number of carbonyl (C=O) groups is 1. The number of hydrogen-bond acceptors (Lipinski definition) is 3. The van der Waals surface area contributed by atoms with Crippen LogP contribution in [0.3, 0.4) is 0 Å². The summed E-state index contributed by atoms with van der Waals surface area (Å²) in [5.41, 5.74) is 1.37. The Balaban J connectivity index is 2.11. The van der Waals surface area contributed by atoms with E-state index >= 15 is 0 Å². The zero-order chi connectivity index (χ0) is 15.4. The number of nitrogens with zero attached hydrogens (tertiary/aromatic N) is 1. The minimum absolute atomic E-state index is 0.0757. The molecule has 2 aromatic rings. The van der Waals surface area contributed by atoms with Crippen LogP contribution in [0.25, 0.3) is 0 Å². The lowest BCUT2D eigenvalue weighted by molar-refractivity contribution is 0.102. The highest BCUT2D eigenvalue weighted by Gasteiger charge is 2.14. The fourth-order valence-electron chi connectivity index (χ4n) is 2.18. The third-order valence-corrected chi connectivity index (χ3v) is 3.39. The zero-order valence-corrected chi connectivity index (χ0v) is 12.5. The molecule has 0 aliphatic heterocycles. The molecule has 0 aliphatic rings. The fourth-order valence-corrected chi connectivity index (χ4v) is 2.18. The van der Waals surface area contributed by atoms with Gasteiger partial charge in [-0.25, -0.2) is 0 Å². The van der Waals surface area contributed by atoms with Crippen molar-refractivity contribution in [2.24, 2.45) is 0 Å². The van der Waals surface area contributed by atoms with Crippen LogP contribution >= 0.6 is 0 Å². The Kier molecular flexibility index (Phi) is 4.57. The molecule has 0 radical (unpaired) electrons. The smallest absolute Gasteiger partial charge is 0.262 e. The third-order valence-electron chi connectivity index (χ3n) is 3.39. The molecule has 21 heavy (non-hydrogen) atoms. The predicted molar refractivity (Wildman–Crippen MR) is 81.7 cm³/mol. The van der Waals surface area contributed by atoms with Crippen LogP contribution in [0, 0.1) is 6.92 Å². The number of aromatic amines is 2. The molecule has 3 N–H and O–H groups in total. The van der Waals surface area contributed by atoms with Crippen molar-refractivity contribution in [3.05, 3.63) is 45.5 Å². The minimum atomic E-state index is -0.461. The number of hydrogen-bond donors (Lipinski definition) is 3. The molecule has 0 unspecified atom stereocenters. The minimum Gasteiger partial charge on any atom is -0.326 e. The van der Waals surface area contributed by atoms with E-state index in [1.54, 1.807) is 19.1 Å². The van der Waals surface area contributed by atoms with Gasteiger partial charge in [-0.15, -0.1) is 0 Å². The molecular formula is C15H20N4O2. The van der Waals surface area contributed by atoms with E-state index in [0.29, 0.717) is 17.4 Å². The maximum atomic E-state index is 12.1. The number of nitrogens with one attached hydrogen (secondary N) is 3. The van der Waals surface area contributed by atoms with Crippen molar-refractivity contribution in [3.8, 4) is 0 Å². The molecule has 0 saturated carbocycles. The van der Waals surface area contributed by atoms with Gasteiger partial charge in [0.05, 0.1) is 0 Å². The van der Waals surface area contributed by atoms with Crippen molar-refractivity contribution >= 4 is 11.7 Å². The first-order valence-corrected chi connectivity index (χ1v) is 7.07. The number of anilines is 1. The normalized spacial score (nSPS) is 12.1. The highest BCUT2D eigenvalue weighted by Crippen LogP contribution is 2.20. The van der Waals surface area contributed by atoms with Crippen LogP contribution in [-0.2, 0) is 0 Å². The van der Waals surface area contributed by atoms with E-state index in [0.717, 1.165) is 18.5 Å². The molecule has 6 nitrogen and oxygen atoms in total. The van der Waals surface area contributed by atoms with Crippen LogP contribution < -0.4 is 10.9 Å². The molecule has 0 bridgehead atoms. The number of amides is 1. The number of pyridine rings is 1. The molecule has 6 heteroatoms. The number of H-pyrrole nitrogens is 2. The maximum absolute atomic E-state index is 12.1. The van der Waals surface area contributed by atoms with Crippen LogP contribution in [0.5, 0.6) is 0 Å².